The number of hydrogen-bond acceptors (Lipinski definition) is 5. The summed E-state index contributed by atoms with van der Waals surface area (Å²) in [6.07, 6.45) is 0.989. The van der Waals surface area contributed by atoms with E-state index < -0.39 is 15.8 Å². The Bertz CT molecular complexity index is 489. The van der Waals surface area contributed by atoms with Gasteiger partial charge in [0.05, 0.1) is 17.6 Å². The van der Waals surface area contributed by atoms with Crippen molar-refractivity contribution >= 4 is 15.8 Å². The molecule has 1 aromatic rings. The molecule has 0 aliphatic rings. The molecule has 0 unspecified atom stereocenters. The van der Waals surface area contributed by atoms with Crippen LogP contribution >= 0.6 is 0 Å². The minimum absolute atomic E-state index is 0.00192. The quantitative estimate of drug-likeness (QED) is 0.752. The molecule has 0 bridgehead atoms. The van der Waals surface area contributed by atoms with Crippen LogP contribution in [-0.4, -0.2) is 32.9 Å². The zero-order valence-corrected chi connectivity index (χ0v) is 9.04. The number of carbonyl (C=O) groups is 1. The van der Waals surface area contributed by atoms with E-state index in [0.29, 0.717) is 0 Å². The van der Waals surface area contributed by atoms with E-state index in [0.717, 1.165) is 24.5 Å². The zero-order valence-electron chi connectivity index (χ0n) is 8.22. The maximum Gasteiger partial charge on any atom is 0.338 e. The van der Waals surface area contributed by atoms with Gasteiger partial charge in [0.2, 0.25) is 0 Å². The van der Waals surface area contributed by atoms with E-state index in [1.54, 1.807) is 0 Å². The van der Waals surface area contributed by atoms with Gasteiger partial charge in [-0.3, -0.25) is 0 Å². The van der Waals surface area contributed by atoms with Crippen LogP contribution in [0.5, 0.6) is 5.75 Å². The van der Waals surface area contributed by atoms with E-state index in [-0.39, 0.29) is 16.2 Å². The van der Waals surface area contributed by atoms with Crippen LogP contribution in [-0.2, 0) is 14.6 Å². The lowest BCUT2D eigenvalue weighted by molar-refractivity contribution is 0.0600. The summed E-state index contributed by atoms with van der Waals surface area (Å²) in [6.45, 7) is 0. The second kappa shape index (κ2) is 3.90. The van der Waals surface area contributed by atoms with Crippen molar-refractivity contribution < 1.29 is 23.1 Å². The summed E-state index contributed by atoms with van der Waals surface area (Å²) in [4.78, 5) is 11.0. The molecule has 1 rings (SSSR count). The van der Waals surface area contributed by atoms with Gasteiger partial charge in [0.25, 0.3) is 0 Å². The fraction of sp³-hybridized carbons (Fsp3) is 0.222. The van der Waals surface area contributed by atoms with Crippen molar-refractivity contribution in [2.75, 3.05) is 13.4 Å². The molecule has 82 valence electrons. The van der Waals surface area contributed by atoms with Gasteiger partial charge < -0.3 is 9.84 Å². The van der Waals surface area contributed by atoms with Gasteiger partial charge in [-0.15, -0.1) is 0 Å². The Morgan fingerprint density at radius 3 is 2.40 bits per heavy atom. The molecule has 0 fully saturated rings. The molecule has 1 aromatic carbocycles. The molecule has 0 aromatic heterocycles. The number of carbonyl (C=O) groups excluding carboxylic acids is 1. The van der Waals surface area contributed by atoms with Crippen LogP contribution < -0.4 is 0 Å². The first-order valence-electron chi connectivity index (χ1n) is 3.97. The summed E-state index contributed by atoms with van der Waals surface area (Å²) >= 11 is 0. The molecule has 0 saturated heterocycles. The molecule has 0 aliphatic heterocycles. The lowest BCUT2D eigenvalue weighted by Crippen LogP contribution is -2.04. The van der Waals surface area contributed by atoms with Crippen LogP contribution in [0.15, 0.2) is 23.1 Å². The van der Waals surface area contributed by atoms with Gasteiger partial charge in [0, 0.05) is 6.26 Å². The molecule has 0 heterocycles. The lowest BCUT2D eigenvalue weighted by Gasteiger charge is -2.03. The summed E-state index contributed by atoms with van der Waals surface area (Å²) in [5, 5.41) is 9.23. The number of phenols is 1. The van der Waals surface area contributed by atoms with Crippen LogP contribution in [0.25, 0.3) is 0 Å². The van der Waals surface area contributed by atoms with Crippen LogP contribution in [0.2, 0.25) is 0 Å². The van der Waals surface area contributed by atoms with Crippen LogP contribution in [0.1, 0.15) is 10.4 Å². The standard InChI is InChI=1S/C9H10O5S/c1-14-9(11)6-3-7(10)5-8(4-6)15(2,12)13/h3-5,10H,1-2H3. The highest BCUT2D eigenvalue weighted by Crippen LogP contribution is 2.20. The smallest absolute Gasteiger partial charge is 0.338 e. The van der Waals surface area contributed by atoms with E-state index >= 15 is 0 Å². The highest BCUT2D eigenvalue weighted by molar-refractivity contribution is 7.90. The predicted octanol–water partition coefficient (Wildman–Crippen LogP) is 0.582. The Morgan fingerprint density at radius 2 is 1.93 bits per heavy atom. The maximum atomic E-state index is 11.2. The molecule has 15 heavy (non-hydrogen) atoms. The molecule has 0 spiro atoms. The Hall–Kier alpha value is -1.56. The summed E-state index contributed by atoms with van der Waals surface area (Å²) < 4.78 is 26.8. The van der Waals surface area contributed by atoms with Crippen molar-refractivity contribution in [1.29, 1.82) is 0 Å². The monoisotopic (exact) mass is 230 g/mol. The summed E-state index contributed by atoms with van der Waals surface area (Å²) in [6, 6.07) is 3.36. The van der Waals surface area contributed by atoms with E-state index in [1.165, 1.54) is 7.11 Å². The number of phenolic OH excluding ortho intramolecular Hbond substituents is 1. The van der Waals surface area contributed by atoms with Gasteiger partial charge in [-0.2, -0.15) is 0 Å². The number of aromatic hydroxyl groups is 1. The normalized spacial score (nSPS) is 11.1. The molecular formula is C9H10O5S. The first-order valence-corrected chi connectivity index (χ1v) is 5.86. The molecule has 0 radical (unpaired) electrons. The molecular weight excluding hydrogens is 220 g/mol. The highest BCUT2D eigenvalue weighted by Gasteiger charge is 2.14. The average Bonchev–Trinajstić information content (AvgIpc) is 2.14. The molecule has 6 heteroatoms. The van der Waals surface area contributed by atoms with E-state index in [1.807, 2.05) is 0 Å². The number of ether oxygens (including phenoxy) is 1. The minimum atomic E-state index is -3.46. The Balaban J connectivity index is 3.35. The molecule has 0 amide bonds. The fourth-order valence-electron chi connectivity index (χ4n) is 1.03. The van der Waals surface area contributed by atoms with Crippen LogP contribution in [0, 0.1) is 0 Å². The topological polar surface area (TPSA) is 80.7 Å². The van der Waals surface area contributed by atoms with Crippen LogP contribution in [0.4, 0.5) is 0 Å². The first-order chi connectivity index (χ1) is 6.84. The number of hydrogen-bond donors (Lipinski definition) is 1. The third-order valence-electron chi connectivity index (χ3n) is 1.74. The number of methoxy groups -OCH3 is 1. The number of benzene rings is 1. The maximum absolute atomic E-state index is 11.2. The first kappa shape index (κ1) is 11.5. The largest absolute Gasteiger partial charge is 0.508 e. The number of rotatable bonds is 2. The Labute approximate surface area is 87.2 Å². The third-order valence-corrected chi connectivity index (χ3v) is 2.83. The van der Waals surface area contributed by atoms with Gasteiger partial charge in [-0.05, 0) is 18.2 Å². The van der Waals surface area contributed by atoms with Crippen molar-refractivity contribution in [3.8, 4) is 5.75 Å². The number of sulfone groups is 1. The third kappa shape index (κ3) is 2.69. The summed E-state index contributed by atoms with van der Waals surface area (Å²) in [7, 11) is -2.28. The van der Waals surface area contributed by atoms with Crippen molar-refractivity contribution in [3.05, 3.63) is 23.8 Å². The second-order valence-electron chi connectivity index (χ2n) is 2.98. The molecule has 0 aliphatic carbocycles. The van der Waals surface area contributed by atoms with Gasteiger partial charge >= 0.3 is 5.97 Å². The van der Waals surface area contributed by atoms with Crippen molar-refractivity contribution in [2.45, 2.75) is 4.90 Å². The fourth-order valence-corrected chi connectivity index (χ4v) is 1.71. The molecule has 0 atom stereocenters. The Kier molecular flexibility index (Phi) is 2.99. The van der Waals surface area contributed by atoms with E-state index in [4.69, 9.17) is 0 Å². The van der Waals surface area contributed by atoms with E-state index in [9.17, 15) is 18.3 Å². The summed E-state index contributed by atoms with van der Waals surface area (Å²) in [5.41, 5.74) is -0.00192. The van der Waals surface area contributed by atoms with Crippen molar-refractivity contribution in [1.82, 2.24) is 0 Å². The minimum Gasteiger partial charge on any atom is -0.508 e. The van der Waals surface area contributed by atoms with Crippen LogP contribution in [0.3, 0.4) is 0 Å². The highest BCUT2D eigenvalue weighted by atomic mass is 32.2. The van der Waals surface area contributed by atoms with Gasteiger partial charge in [0.15, 0.2) is 9.84 Å². The molecule has 5 nitrogen and oxygen atoms in total. The number of esters is 1. The predicted molar refractivity (Wildman–Crippen MR) is 52.6 cm³/mol. The van der Waals surface area contributed by atoms with E-state index in [2.05, 4.69) is 4.74 Å². The SMILES string of the molecule is COC(=O)c1cc(O)cc(S(C)(=O)=O)c1. The summed E-state index contributed by atoms with van der Waals surface area (Å²) in [5.74, 6) is -0.992. The van der Waals surface area contributed by atoms with Crippen molar-refractivity contribution in [3.63, 3.8) is 0 Å². The second-order valence-corrected chi connectivity index (χ2v) is 5.00. The lowest BCUT2D eigenvalue weighted by atomic mass is 10.2. The van der Waals surface area contributed by atoms with Crippen molar-refractivity contribution in [2.24, 2.45) is 0 Å². The Morgan fingerprint density at radius 1 is 1.33 bits per heavy atom. The van der Waals surface area contributed by atoms with Gasteiger partial charge in [-0.25, -0.2) is 13.2 Å². The average molecular weight is 230 g/mol. The van der Waals surface area contributed by atoms with Gasteiger partial charge in [-0.1, -0.05) is 0 Å². The molecule has 1 N–H and O–H groups in total. The zero-order chi connectivity index (χ0) is 11.6. The molecule has 0 saturated carbocycles. The van der Waals surface area contributed by atoms with Gasteiger partial charge in [0.1, 0.15) is 5.75 Å².